The standard InChI is InChI=1S/C14H20N2O3/c1-17-11-2-3-13(16-9-11)19-12-8-14(18-10-12)4-6-15-7-5-14/h2-3,9,12,15H,4-8,10H2,1H3. The number of ether oxygens (including phenoxy) is 3. The van der Waals surface area contributed by atoms with Crippen molar-refractivity contribution < 1.29 is 14.2 Å². The summed E-state index contributed by atoms with van der Waals surface area (Å²) in [6, 6.07) is 3.70. The molecule has 0 saturated carbocycles. The third-order valence-electron chi connectivity index (χ3n) is 3.92. The smallest absolute Gasteiger partial charge is 0.213 e. The van der Waals surface area contributed by atoms with Crippen molar-refractivity contribution in [3.63, 3.8) is 0 Å². The number of piperidine rings is 1. The van der Waals surface area contributed by atoms with Crippen LogP contribution in [0.1, 0.15) is 19.3 Å². The van der Waals surface area contributed by atoms with Crippen LogP contribution >= 0.6 is 0 Å². The lowest BCUT2D eigenvalue weighted by molar-refractivity contribution is -0.0205. The Kier molecular flexibility index (Phi) is 3.57. The summed E-state index contributed by atoms with van der Waals surface area (Å²) >= 11 is 0. The van der Waals surface area contributed by atoms with Crippen LogP contribution in [-0.2, 0) is 4.74 Å². The van der Waals surface area contributed by atoms with Gasteiger partial charge in [0.25, 0.3) is 0 Å². The van der Waals surface area contributed by atoms with Crippen LogP contribution in [0.3, 0.4) is 0 Å². The van der Waals surface area contributed by atoms with Crippen LogP contribution in [-0.4, -0.2) is 43.5 Å². The molecule has 1 spiro atoms. The van der Waals surface area contributed by atoms with Gasteiger partial charge < -0.3 is 19.5 Å². The van der Waals surface area contributed by atoms with Gasteiger partial charge in [-0.2, -0.15) is 0 Å². The average Bonchev–Trinajstić information content (AvgIpc) is 2.83. The summed E-state index contributed by atoms with van der Waals surface area (Å²) in [6.45, 7) is 2.73. The van der Waals surface area contributed by atoms with E-state index < -0.39 is 0 Å². The molecule has 1 atom stereocenters. The van der Waals surface area contributed by atoms with E-state index in [2.05, 4.69) is 10.3 Å². The molecule has 5 heteroatoms. The number of nitrogens with zero attached hydrogens (tertiary/aromatic N) is 1. The van der Waals surface area contributed by atoms with Crippen molar-refractivity contribution in [3.05, 3.63) is 18.3 Å². The normalized spacial score (nSPS) is 25.4. The van der Waals surface area contributed by atoms with Crippen molar-refractivity contribution in [2.45, 2.75) is 31.0 Å². The van der Waals surface area contributed by atoms with Gasteiger partial charge in [-0.1, -0.05) is 0 Å². The number of methoxy groups -OCH3 is 1. The van der Waals surface area contributed by atoms with Gasteiger partial charge >= 0.3 is 0 Å². The molecule has 3 heterocycles. The van der Waals surface area contributed by atoms with E-state index in [0.717, 1.165) is 38.1 Å². The van der Waals surface area contributed by atoms with Gasteiger partial charge in [0.2, 0.25) is 5.88 Å². The monoisotopic (exact) mass is 264 g/mol. The minimum atomic E-state index is 0.0301. The lowest BCUT2D eigenvalue weighted by Gasteiger charge is -2.32. The summed E-state index contributed by atoms with van der Waals surface area (Å²) < 4.78 is 17.0. The lowest BCUT2D eigenvalue weighted by atomic mass is 9.89. The van der Waals surface area contributed by atoms with E-state index in [1.807, 2.05) is 12.1 Å². The fraction of sp³-hybridized carbons (Fsp3) is 0.643. The summed E-state index contributed by atoms with van der Waals surface area (Å²) in [5, 5.41) is 3.37. The van der Waals surface area contributed by atoms with Crippen molar-refractivity contribution in [1.29, 1.82) is 0 Å². The topological polar surface area (TPSA) is 52.6 Å². The molecule has 1 unspecified atom stereocenters. The molecule has 2 saturated heterocycles. The van der Waals surface area contributed by atoms with Crippen LogP contribution < -0.4 is 14.8 Å². The van der Waals surface area contributed by atoms with Crippen molar-refractivity contribution in [3.8, 4) is 11.6 Å². The lowest BCUT2D eigenvalue weighted by Crippen LogP contribution is -2.41. The second kappa shape index (κ2) is 5.35. The van der Waals surface area contributed by atoms with Crippen molar-refractivity contribution >= 4 is 0 Å². The van der Waals surface area contributed by atoms with E-state index in [-0.39, 0.29) is 11.7 Å². The molecule has 1 aromatic heterocycles. The van der Waals surface area contributed by atoms with Gasteiger partial charge in [-0.05, 0) is 32.0 Å². The largest absolute Gasteiger partial charge is 0.495 e. The Labute approximate surface area is 113 Å². The van der Waals surface area contributed by atoms with Crippen molar-refractivity contribution in [2.24, 2.45) is 0 Å². The molecular formula is C14H20N2O3. The minimum absolute atomic E-state index is 0.0301. The predicted molar refractivity (Wildman–Crippen MR) is 70.6 cm³/mol. The maximum atomic E-state index is 5.99. The highest BCUT2D eigenvalue weighted by atomic mass is 16.6. The molecular weight excluding hydrogens is 244 g/mol. The zero-order valence-electron chi connectivity index (χ0n) is 11.2. The van der Waals surface area contributed by atoms with Gasteiger partial charge in [-0.15, -0.1) is 0 Å². The third kappa shape index (κ3) is 2.82. The fourth-order valence-corrected chi connectivity index (χ4v) is 2.84. The van der Waals surface area contributed by atoms with Crippen molar-refractivity contribution in [1.82, 2.24) is 10.3 Å². The van der Waals surface area contributed by atoms with Crippen LogP contribution in [0.2, 0.25) is 0 Å². The highest BCUT2D eigenvalue weighted by Crippen LogP contribution is 2.35. The molecule has 2 fully saturated rings. The molecule has 1 aromatic rings. The zero-order chi connectivity index (χ0) is 13.1. The molecule has 3 rings (SSSR count). The van der Waals surface area contributed by atoms with E-state index in [0.29, 0.717) is 12.5 Å². The maximum absolute atomic E-state index is 5.99. The van der Waals surface area contributed by atoms with Crippen LogP contribution in [0.25, 0.3) is 0 Å². The summed E-state index contributed by atoms with van der Waals surface area (Å²) in [4.78, 5) is 4.23. The molecule has 1 N–H and O–H groups in total. The number of hydrogen-bond donors (Lipinski definition) is 1. The molecule has 104 valence electrons. The Morgan fingerprint density at radius 1 is 1.37 bits per heavy atom. The van der Waals surface area contributed by atoms with Gasteiger partial charge in [0, 0.05) is 12.5 Å². The zero-order valence-corrected chi connectivity index (χ0v) is 11.2. The van der Waals surface area contributed by atoms with E-state index in [4.69, 9.17) is 14.2 Å². The Bertz CT molecular complexity index is 415. The first-order valence-corrected chi connectivity index (χ1v) is 6.81. The van der Waals surface area contributed by atoms with Crippen LogP contribution in [0.4, 0.5) is 0 Å². The summed E-state index contributed by atoms with van der Waals surface area (Å²) in [5.41, 5.74) is 0.0301. The molecule has 5 nitrogen and oxygen atoms in total. The predicted octanol–water partition coefficient (Wildman–Crippen LogP) is 1.38. The molecule has 0 aliphatic carbocycles. The minimum Gasteiger partial charge on any atom is -0.495 e. The quantitative estimate of drug-likeness (QED) is 0.894. The van der Waals surface area contributed by atoms with Crippen LogP contribution in [0, 0.1) is 0 Å². The maximum Gasteiger partial charge on any atom is 0.213 e. The molecule has 0 amide bonds. The molecule has 0 aromatic carbocycles. The second-order valence-electron chi connectivity index (χ2n) is 5.22. The van der Waals surface area contributed by atoms with E-state index in [9.17, 15) is 0 Å². The highest BCUT2D eigenvalue weighted by molar-refractivity contribution is 5.22. The third-order valence-corrected chi connectivity index (χ3v) is 3.92. The Morgan fingerprint density at radius 3 is 2.89 bits per heavy atom. The fourth-order valence-electron chi connectivity index (χ4n) is 2.84. The number of nitrogens with one attached hydrogen (secondary N) is 1. The summed E-state index contributed by atoms with van der Waals surface area (Å²) in [5.74, 6) is 1.38. The Morgan fingerprint density at radius 2 is 2.21 bits per heavy atom. The van der Waals surface area contributed by atoms with E-state index in [1.165, 1.54) is 0 Å². The number of aromatic nitrogens is 1. The Hall–Kier alpha value is -1.33. The van der Waals surface area contributed by atoms with Crippen LogP contribution in [0.5, 0.6) is 11.6 Å². The van der Waals surface area contributed by atoms with Crippen LogP contribution in [0.15, 0.2) is 18.3 Å². The van der Waals surface area contributed by atoms with Gasteiger partial charge in [0.1, 0.15) is 11.9 Å². The van der Waals surface area contributed by atoms with E-state index in [1.54, 1.807) is 13.3 Å². The first-order chi connectivity index (χ1) is 9.30. The summed E-state index contributed by atoms with van der Waals surface area (Å²) in [7, 11) is 1.63. The number of pyridine rings is 1. The SMILES string of the molecule is COc1ccc(OC2COC3(CCNCC3)C2)nc1. The van der Waals surface area contributed by atoms with Gasteiger partial charge in [-0.3, -0.25) is 0 Å². The molecule has 0 bridgehead atoms. The molecule has 0 radical (unpaired) electrons. The molecule has 2 aliphatic heterocycles. The average molecular weight is 264 g/mol. The van der Waals surface area contributed by atoms with Gasteiger partial charge in [0.05, 0.1) is 25.5 Å². The second-order valence-corrected chi connectivity index (χ2v) is 5.22. The summed E-state index contributed by atoms with van der Waals surface area (Å²) in [6.07, 6.45) is 4.89. The number of rotatable bonds is 3. The van der Waals surface area contributed by atoms with Gasteiger partial charge in [-0.25, -0.2) is 4.98 Å². The highest BCUT2D eigenvalue weighted by Gasteiger charge is 2.42. The number of hydrogen-bond acceptors (Lipinski definition) is 5. The molecule has 19 heavy (non-hydrogen) atoms. The Balaban J connectivity index is 1.58. The first kappa shape index (κ1) is 12.7. The van der Waals surface area contributed by atoms with Gasteiger partial charge in [0.15, 0.2) is 0 Å². The molecule has 2 aliphatic rings. The van der Waals surface area contributed by atoms with Crippen molar-refractivity contribution in [2.75, 3.05) is 26.8 Å². The van der Waals surface area contributed by atoms with E-state index >= 15 is 0 Å². The first-order valence-electron chi connectivity index (χ1n) is 6.81.